The number of thioether (sulfide) groups is 1. The summed E-state index contributed by atoms with van der Waals surface area (Å²) in [5.74, 6) is -0.231. The number of para-hydroxylation sites is 1. The summed E-state index contributed by atoms with van der Waals surface area (Å²) in [6.45, 7) is 0. The zero-order chi connectivity index (χ0) is 24.3. The number of halogens is 3. The van der Waals surface area contributed by atoms with Crippen LogP contribution in [0.25, 0.3) is 17.3 Å². The molecule has 0 aliphatic carbocycles. The van der Waals surface area contributed by atoms with Crippen molar-refractivity contribution in [1.82, 2.24) is 14.8 Å². The highest BCUT2D eigenvalue weighted by molar-refractivity contribution is 7.99. The third-order valence-corrected chi connectivity index (χ3v) is 5.44. The van der Waals surface area contributed by atoms with Gasteiger partial charge >= 0.3 is 6.18 Å². The van der Waals surface area contributed by atoms with E-state index >= 15 is 0 Å². The Balaban J connectivity index is 1.56. The number of furan rings is 1. The fourth-order valence-corrected chi connectivity index (χ4v) is 3.80. The Labute approximate surface area is 193 Å². The van der Waals surface area contributed by atoms with Gasteiger partial charge in [0.15, 0.2) is 10.9 Å². The molecule has 34 heavy (non-hydrogen) atoms. The zero-order valence-electron chi connectivity index (χ0n) is 17.0. The highest BCUT2D eigenvalue weighted by Crippen LogP contribution is 2.37. The first-order valence-electron chi connectivity index (χ1n) is 9.57. The van der Waals surface area contributed by atoms with E-state index < -0.39 is 33.9 Å². The van der Waals surface area contributed by atoms with Gasteiger partial charge in [-0.25, -0.2) is 0 Å². The molecule has 0 radical (unpaired) electrons. The molecular weight excluding hydrogens is 475 g/mol. The van der Waals surface area contributed by atoms with Crippen molar-refractivity contribution < 1.29 is 27.3 Å². The summed E-state index contributed by atoms with van der Waals surface area (Å²) >= 11 is 0.955. The molecule has 0 saturated carbocycles. The maximum absolute atomic E-state index is 13.4. The van der Waals surface area contributed by atoms with Crippen LogP contribution in [-0.4, -0.2) is 31.3 Å². The number of nitrogens with zero attached hydrogens (tertiary/aromatic N) is 4. The minimum absolute atomic E-state index is 0.294. The third kappa shape index (κ3) is 4.93. The maximum atomic E-state index is 13.4. The molecule has 1 N–H and O–H groups in total. The molecule has 2 aromatic carbocycles. The molecule has 2 heterocycles. The van der Waals surface area contributed by atoms with Crippen LogP contribution in [-0.2, 0) is 11.0 Å². The first-order chi connectivity index (χ1) is 16.2. The van der Waals surface area contributed by atoms with Crippen LogP contribution in [0.2, 0.25) is 0 Å². The normalized spacial score (nSPS) is 11.4. The standard InChI is InChI=1S/C21H14F3N5O4S/c22-21(23,24)15-11-14(29(31)32)8-9-16(15)25-18(30)12-34-20-27-26-19(17-7-4-10-33-17)28(20)13-5-2-1-3-6-13/h1-11H,12H2,(H,25,30). The Morgan fingerprint density at radius 3 is 2.53 bits per heavy atom. The van der Waals surface area contributed by atoms with Gasteiger partial charge in [-0.05, 0) is 30.3 Å². The number of amides is 1. The van der Waals surface area contributed by atoms with Gasteiger partial charge in [0, 0.05) is 17.8 Å². The number of hydrogen-bond acceptors (Lipinski definition) is 7. The molecular formula is C21H14F3N5O4S. The third-order valence-electron chi connectivity index (χ3n) is 4.52. The maximum Gasteiger partial charge on any atom is 0.418 e. The molecule has 0 spiro atoms. The minimum atomic E-state index is -4.90. The molecule has 0 aliphatic rings. The first-order valence-corrected chi connectivity index (χ1v) is 10.6. The summed E-state index contributed by atoms with van der Waals surface area (Å²) < 4.78 is 47.1. The molecule has 0 unspecified atom stereocenters. The number of nitrogens with one attached hydrogen (secondary N) is 1. The molecule has 0 fully saturated rings. The SMILES string of the molecule is O=C(CSc1nnc(-c2ccco2)n1-c1ccccc1)Nc1ccc([N+](=O)[O-])cc1C(F)(F)F. The molecule has 4 rings (SSSR count). The Morgan fingerprint density at radius 2 is 1.88 bits per heavy atom. The molecule has 2 aromatic heterocycles. The van der Waals surface area contributed by atoms with E-state index in [0.29, 0.717) is 28.5 Å². The number of aromatic nitrogens is 3. The molecule has 0 bridgehead atoms. The lowest BCUT2D eigenvalue weighted by molar-refractivity contribution is -0.385. The van der Waals surface area contributed by atoms with E-state index in [1.807, 2.05) is 6.07 Å². The summed E-state index contributed by atoms with van der Waals surface area (Å²) in [5.41, 5.74) is -1.94. The van der Waals surface area contributed by atoms with E-state index in [0.717, 1.165) is 23.9 Å². The lowest BCUT2D eigenvalue weighted by atomic mass is 10.1. The second kappa shape index (κ2) is 9.39. The van der Waals surface area contributed by atoms with Crippen molar-refractivity contribution in [2.45, 2.75) is 11.3 Å². The molecule has 4 aromatic rings. The van der Waals surface area contributed by atoms with E-state index in [-0.39, 0.29) is 5.75 Å². The van der Waals surface area contributed by atoms with Gasteiger partial charge in [-0.15, -0.1) is 10.2 Å². The largest absolute Gasteiger partial charge is 0.461 e. The summed E-state index contributed by atoms with van der Waals surface area (Å²) in [4.78, 5) is 22.4. The predicted molar refractivity (Wildman–Crippen MR) is 117 cm³/mol. The number of rotatable bonds is 7. The van der Waals surface area contributed by atoms with Crippen LogP contribution in [0.5, 0.6) is 0 Å². The average molecular weight is 489 g/mol. The average Bonchev–Trinajstić information content (AvgIpc) is 3.47. The van der Waals surface area contributed by atoms with Crippen LogP contribution >= 0.6 is 11.8 Å². The smallest absolute Gasteiger partial charge is 0.418 e. The van der Waals surface area contributed by atoms with Crippen molar-refractivity contribution in [3.8, 4) is 17.3 Å². The first kappa shape index (κ1) is 23.0. The fraction of sp³-hybridized carbons (Fsp3) is 0.0952. The topological polar surface area (TPSA) is 116 Å². The number of non-ortho nitro benzene ring substituents is 1. The van der Waals surface area contributed by atoms with Gasteiger partial charge in [-0.1, -0.05) is 30.0 Å². The number of carbonyl (C=O) groups is 1. The molecule has 0 atom stereocenters. The summed E-state index contributed by atoms with van der Waals surface area (Å²) in [6, 6.07) is 14.5. The van der Waals surface area contributed by atoms with Crippen LogP contribution in [0, 0.1) is 10.1 Å². The Bertz CT molecular complexity index is 1320. The molecule has 9 nitrogen and oxygen atoms in total. The number of alkyl halides is 3. The zero-order valence-corrected chi connectivity index (χ0v) is 17.8. The number of carbonyl (C=O) groups excluding carboxylic acids is 1. The molecule has 13 heteroatoms. The van der Waals surface area contributed by atoms with Crippen molar-refractivity contribution in [2.75, 3.05) is 11.1 Å². The second-order valence-electron chi connectivity index (χ2n) is 6.78. The number of benzene rings is 2. The van der Waals surface area contributed by atoms with Gasteiger partial charge in [0.2, 0.25) is 11.7 Å². The Morgan fingerprint density at radius 1 is 1.12 bits per heavy atom. The quantitative estimate of drug-likeness (QED) is 0.216. The number of anilines is 1. The van der Waals surface area contributed by atoms with Crippen LogP contribution < -0.4 is 5.32 Å². The van der Waals surface area contributed by atoms with Crippen LogP contribution in [0.4, 0.5) is 24.5 Å². The van der Waals surface area contributed by atoms with E-state index in [1.54, 1.807) is 41.0 Å². The van der Waals surface area contributed by atoms with Gasteiger partial charge in [0.25, 0.3) is 5.69 Å². The summed E-state index contributed by atoms with van der Waals surface area (Å²) in [5, 5.41) is 21.5. The predicted octanol–water partition coefficient (Wildman–Crippen LogP) is 5.19. The van der Waals surface area contributed by atoms with E-state index in [4.69, 9.17) is 4.42 Å². The second-order valence-corrected chi connectivity index (χ2v) is 7.72. The lowest BCUT2D eigenvalue weighted by Gasteiger charge is -2.13. The fourth-order valence-electron chi connectivity index (χ4n) is 3.04. The lowest BCUT2D eigenvalue weighted by Crippen LogP contribution is -2.18. The highest BCUT2D eigenvalue weighted by atomic mass is 32.2. The number of hydrogen-bond donors (Lipinski definition) is 1. The van der Waals surface area contributed by atoms with E-state index in [2.05, 4.69) is 15.5 Å². The van der Waals surface area contributed by atoms with Crippen LogP contribution in [0.3, 0.4) is 0 Å². The van der Waals surface area contributed by atoms with Crippen molar-refractivity contribution in [2.24, 2.45) is 0 Å². The number of nitro benzene ring substituents is 1. The summed E-state index contributed by atoms with van der Waals surface area (Å²) in [6.07, 6.45) is -3.42. The minimum Gasteiger partial charge on any atom is -0.461 e. The van der Waals surface area contributed by atoms with E-state index in [9.17, 15) is 28.1 Å². The van der Waals surface area contributed by atoms with Gasteiger partial charge in [-0.2, -0.15) is 13.2 Å². The van der Waals surface area contributed by atoms with Crippen molar-refractivity contribution >= 4 is 29.0 Å². The van der Waals surface area contributed by atoms with Crippen molar-refractivity contribution in [1.29, 1.82) is 0 Å². The van der Waals surface area contributed by atoms with E-state index in [1.165, 1.54) is 6.26 Å². The van der Waals surface area contributed by atoms with Gasteiger partial charge in [0.05, 0.1) is 28.2 Å². The Kier molecular flexibility index (Phi) is 6.36. The van der Waals surface area contributed by atoms with Gasteiger partial charge in [-0.3, -0.25) is 19.5 Å². The highest BCUT2D eigenvalue weighted by Gasteiger charge is 2.35. The molecule has 0 aliphatic heterocycles. The van der Waals surface area contributed by atoms with Crippen molar-refractivity contribution in [3.63, 3.8) is 0 Å². The monoisotopic (exact) mass is 489 g/mol. The van der Waals surface area contributed by atoms with Crippen LogP contribution in [0.1, 0.15) is 5.56 Å². The van der Waals surface area contributed by atoms with Gasteiger partial charge < -0.3 is 9.73 Å². The molecule has 174 valence electrons. The van der Waals surface area contributed by atoms with Crippen LogP contribution in [0.15, 0.2) is 76.5 Å². The number of nitro groups is 1. The molecule has 1 amide bonds. The van der Waals surface area contributed by atoms with Gasteiger partial charge in [0.1, 0.15) is 0 Å². The Hall–Kier alpha value is -4.13. The van der Waals surface area contributed by atoms with Crippen molar-refractivity contribution in [3.05, 3.63) is 82.6 Å². The molecule has 0 saturated heterocycles. The summed E-state index contributed by atoms with van der Waals surface area (Å²) in [7, 11) is 0.